The maximum Gasteiger partial charge on any atom is 0.0945 e. The van der Waals surface area contributed by atoms with Crippen molar-refractivity contribution >= 4 is 0 Å². The fourth-order valence-corrected chi connectivity index (χ4v) is 8.62. The lowest BCUT2D eigenvalue weighted by Crippen LogP contribution is -2.12. The molecule has 1 saturated carbocycles. The van der Waals surface area contributed by atoms with Gasteiger partial charge in [0.1, 0.15) is 0 Å². The molecule has 2 unspecified atom stereocenters. The van der Waals surface area contributed by atoms with Crippen molar-refractivity contribution in [1.29, 1.82) is 0 Å². The summed E-state index contributed by atoms with van der Waals surface area (Å²) in [5, 5.41) is 4.33. The highest BCUT2D eigenvalue weighted by atomic mass is 16.5. The van der Waals surface area contributed by atoms with Gasteiger partial charge < -0.3 is 14.3 Å². The molecule has 1 aliphatic heterocycles. The second-order valence-corrected chi connectivity index (χ2v) is 25.0. The Hall–Kier alpha value is -4.96. The molecule has 7 heterocycles. The SMILES string of the molecule is CC(C)C1CCCO1.CC(C)CC1CCCCC1.CC(C)c1ccccn1.CC(C)c1cccnc1.CC(C)c1ccncc1.CC(C)c1cncn1C.CCC(C)C(C)C.Cc1[nH]cnc1C(C)C.Cc1cc(C(C)C)nn1C. The van der Waals surface area contributed by atoms with E-state index in [0.717, 1.165) is 41.9 Å². The number of nitrogens with zero attached hydrogens (tertiary/aromatic N) is 8. The van der Waals surface area contributed by atoms with Gasteiger partial charge in [-0.05, 0) is 146 Å². The lowest BCUT2D eigenvalue weighted by Gasteiger charge is -2.22. The fourth-order valence-electron chi connectivity index (χ4n) is 8.62. The summed E-state index contributed by atoms with van der Waals surface area (Å²) in [6.07, 6.45) is 28.1. The van der Waals surface area contributed by atoms with Crippen LogP contribution < -0.4 is 0 Å². The second-order valence-electron chi connectivity index (χ2n) is 25.0. The van der Waals surface area contributed by atoms with Crippen molar-refractivity contribution in [2.24, 2.45) is 43.7 Å². The Kier molecular flexibility index (Phi) is 41.0. The average molecular weight is 1100 g/mol. The minimum Gasteiger partial charge on any atom is -0.378 e. The number of ether oxygens (including phenoxy) is 1. The first-order valence-corrected chi connectivity index (χ1v) is 31.0. The van der Waals surface area contributed by atoms with Crippen molar-refractivity contribution < 1.29 is 4.74 Å². The molecule has 0 bridgehead atoms. The minimum absolute atomic E-state index is 0.538. The molecule has 2 aliphatic rings. The number of aromatic amines is 1. The van der Waals surface area contributed by atoms with Gasteiger partial charge in [0.2, 0.25) is 0 Å². The highest BCUT2D eigenvalue weighted by Crippen LogP contribution is 2.28. The standard InChI is InChI=1S/C10H20.C8H14N2.3C8H11N.2C7H12N2.C7H14O.C7H16/c1-9(2)8-10-6-4-3-5-7-10;1-6(2)8-5-7(3)10(4)9-8;1-7(2)8-3-5-9-6-4-8;1-7(2)8-4-3-5-9-6-8;1-7(2)8-5-3-4-6-9-8;1-6(2)7-4-8-5-9(7)3;1-5(2)7-6(3)8-4-9-7;1-6(2)7-4-3-5-8-7;1-5-7(4)6(2)3/h9-10H,3-8H2,1-2H3;5-6H,1-4H3;3*3-7H,1-2H3;4-6H,1-3H3;4-5H,1-3H3,(H,8,9);6-7H,3-5H2,1-2H3;6-7H,5H2,1-4H3. The monoisotopic (exact) mass is 1100 g/mol. The highest BCUT2D eigenvalue weighted by molar-refractivity contribution is 5.15. The van der Waals surface area contributed by atoms with E-state index in [1.807, 2.05) is 104 Å². The lowest BCUT2D eigenvalue weighted by atomic mass is 9.84. The van der Waals surface area contributed by atoms with Gasteiger partial charge in [-0.1, -0.05) is 189 Å². The Morgan fingerprint density at radius 1 is 0.588 bits per heavy atom. The summed E-state index contributed by atoms with van der Waals surface area (Å²) < 4.78 is 9.37. The van der Waals surface area contributed by atoms with E-state index in [2.05, 4.69) is 193 Å². The van der Waals surface area contributed by atoms with Crippen LogP contribution in [0.1, 0.15) is 277 Å². The maximum atomic E-state index is 5.41. The van der Waals surface area contributed by atoms with Gasteiger partial charge in [0, 0.05) is 80.7 Å². The number of aromatic nitrogens is 9. The van der Waals surface area contributed by atoms with Gasteiger partial charge in [0.05, 0.1) is 30.1 Å². The van der Waals surface area contributed by atoms with Gasteiger partial charge in [0.15, 0.2) is 0 Å². The number of pyridine rings is 3. The number of hydrogen-bond donors (Lipinski definition) is 1. The van der Waals surface area contributed by atoms with Gasteiger partial charge in [-0.25, -0.2) is 9.97 Å². The number of aryl methyl sites for hydroxylation is 4. The third-order valence-corrected chi connectivity index (χ3v) is 14.6. The molecule has 1 N–H and O–H groups in total. The summed E-state index contributed by atoms with van der Waals surface area (Å²) in [5.41, 5.74) is 9.87. The quantitative estimate of drug-likeness (QED) is 0.137. The molecule has 1 aliphatic carbocycles. The van der Waals surface area contributed by atoms with Crippen molar-refractivity contribution in [3.63, 3.8) is 0 Å². The zero-order valence-corrected chi connectivity index (χ0v) is 55.7. The van der Waals surface area contributed by atoms with E-state index in [1.54, 1.807) is 12.5 Å². The van der Waals surface area contributed by atoms with Crippen LogP contribution in [0, 0.1) is 43.4 Å². The molecular weight excluding hydrogens is 983 g/mol. The fraction of sp³-hybridized carbons (Fsp3) is 0.657. The molecule has 10 heteroatoms. The van der Waals surface area contributed by atoms with Crippen molar-refractivity contribution in [2.45, 2.75) is 252 Å². The Morgan fingerprint density at radius 3 is 1.49 bits per heavy atom. The number of nitrogens with one attached hydrogen (secondary N) is 1. The Bertz CT molecular complexity index is 2130. The van der Waals surface area contributed by atoms with Crippen LogP contribution in [0.25, 0.3) is 0 Å². The normalized spacial score (nSPS) is 14.2. The third-order valence-electron chi connectivity index (χ3n) is 14.6. The number of hydrogen-bond acceptors (Lipinski definition) is 7. The molecule has 2 atom stereocenters. The van der Waals surface area contributed by atoms with Crippen LogP contribution in [0.3, 0.4) is 0 Å². The number of H-pyrrole nitrogens is 1. The average Bonchev–Trinajstić information content (AvgIpc) is 4.28. The summed E-state index contributed by atoms with van der Waals surface area (Å²) in [6, 6.07) is 16.3. The van der Waals surface area contributed by atoms with Crippen molar-refractivity contribution in [2.75, 3.05) is 6.61 Å². The zero-order valence-electron chi connectivity index (χ0n) is 55.7. The van der Waals surface area contributed by atoms with Gasteiger partial charge in [-0.3, -0.25) is 19.6 Å². The van der Waals surface area contributed by atoms with E-state index in [-0.39, 0.29) is 0 Å². The van der Waals surface area contributed by atoms with Crippen LogP contribution in [-0.4, -0.2) is 57.0 Å². The second kappa shape index (κ2) is 43.7. The largest absolute Gasteiger partial charge is 0.378 e. The number of imidazole rings is 2. The molecule has 0 radical (unpaired) electrons. The summed E-state index contributed by atoms with van der Waals surface area (Å²) in [5.74, 6) is 7.91. The van der Waals surface area contributed by atoms with Crippen molar-refractivity contribution in [3.8, 4) is 0 Å². The van der Waals surface area contributed by atoms with Crippen molar-refractivity contribution in [1.82, 2.24) is 44.3 Å². The molecule has 2 fully saturated rings. The Balaban J connectivity index is 0.000000879. The first kappa shape index (κ1) is 75.0. The molecule has 1 saturated heterocycles. The zero-order chi connectivity index (χ0) is 60.7. The van der Waals surface area contributed by atoms with Crippen LogP contribution >= 0.6 is 0 Å². The molecule has 10 nitrogen and oxygen atoms in total. The molecule has 0 aromatic carbocycles. The third kappa shape index (κ3) is 35.0. The van der Waals surface area contributed by atoms with Gasteiger partial charge in [0.25, 0.3) is 0 Å². The van der Waals surface area contributed by atoms with Crippen molar-refractivity contribution in [3.05, 3.63) is 144 Å². The molecule has 80 heavy (non-hydrogen) atoms. The Labute approximate surface area is 492 Å². The van der Waals surface area contributed by atoms with Crippen LogP contribution in [0.4, 0.5) is 0 Å². The molecule has 0 spiro atoms. The minimum atomic E-state index is 0.538. The van der Waals surface area contributed by atoms with E-state index >= 15 is 0 Å². The summed E-state index contributed by atoms with van der Waals surface area (Å²) >= 11 is 0. The topological polar surface area (TPSA) is 112 Å². The van der Waals surface area contributed by atoms with Gasteiger partial charge >= 0.3 is 0 Å². The molecule has 0 amide bonds. The maximum absolute atomic E-state index is 5.41. The summed E-state index contributed by atoms with van der Waals surface area (Å²) in [6.45, 7) is 49.2. The first-order chi connectivity index (χ1) is 37.7. The molecule has 6 aromatic rings. The lowest BCUT2D eigenvalue weighted by molar-refractivity contribution is 0.0758. The molecule has 8 rings (SSSR count). The van der Waals surface area contributed by atoms with Crippen LogP contribution in [0.5, 0.6) is 0 Å². The Morgan fingerprint density at radius 2 is 1.21 bits per heavy atom. The van der Waals surface area contributed by atoms with Crippen LogP contribution in [0.15, 0.2) is 98.4 Å². The van der Waals surface area contributed by atoms with E-state index < -0.39 is 0 Å². The van der Waals surface area contributed by atoms with Crippen LogP contribution in [0.2, 0.25) is 0 Å². The summed E-state index contributed by atoms with van der Waals surface area (Å²) in [4.78, 5) is 23.3. The first-order valence-electron chi connectivity index (χ1n) is 31.0. The predicted molar refractivity (Wildman–Crippen MR) is 346 cm³/mol. The smallest absolute Gasteiger partial charge is 0.0945 e. The van der Waals surface area contributed by atoms with E-state index in [9.17, 15) is 0 Å². The number of rotatable bonds is 11. The predicted octanol–water partition coefficient (Wildman–Crippen LogP) is 20.0. The highest BCUT2D eigenvalue weighted by Gasteiger charge is 2.18. The summed E-state index contributed by atoms with van der Waals surface area (Å²) in [7, 11) is 3.99. The van der Waals surface area contributed by atoms with Gasteiger partial charge in [-0.2, -0.15) is 5.10 Å². The molecular formula is C70H121N9O. The van der Waals surface area contributed by atoms with E-state index in [0.29, 0.717) is 41.6 Å². The van der Waals surface area contributed by atoms with E-state index in [1.165, 1.54) is 97.4 Å². The van der Waals surface area contributed by atoms with Crippen LogP contribution in [-0.2, 0) is 18.8 Å². The van der Waals surface area contributed by atoms with E-state index in [4.69, 9.17) is 4.74 Å². The van der Waals surface area contributed by atoms with Gasteiger partial charge in [-0.15, -0.1) is 0 Å². The molecule has 6 aromatic heterocycles. The molecule has 452 valence electrons.